The molecule has 0 radical (unpaired) electrons. The minimum atomic E-state index is -0.773. The summed E-state index contributed by atoms with van der Waals surface area (Å²) in [5, 5.41) is 15.4. The molecule has 118 valence electrons. The average molecular weight is 296 g/mol. The number of carboxylic acid groups (broad SMARTS) is 1. The number of rotatable bonds is 9. The second kappa shape index (κ2) is 8.44. The number of aromatic nitrogens is 1. The number of aliphatic carboxylic acids is 1. The maximum atomic E-state index is 12.1. The third-order valence-electron chi connectivity index (χ3n) is 3.68. The third-order valence-corrected chi connectivity index (χ3v) is 3.68. The predicted octanol–water partition coefficient (Wildman–Crippen LogP) is 2.56. The maximum absolute atomic E-state index is 12.1. The molecule has 1 aromatic rings. The molecule has 1 rings (SSSR count). The lowest BCUT2D eigenvalue weighted by Crippen LogP contribution is -2.27. The minimum Gasteiger partial charge on any atom is -0.481 e. The van der Waals surface area contributed by atoms with Crippen molar-refractivity contribution in [1.29, 1.82) is 0 Å². The predicted molar refractivity (Wildman–Crippen MR) is 78.2 cm³/mol. The highest BCUT2D eigenvalue weighted by molar-refractivity contribution is 5.96. The zero-order valence-electron chi connectivity index (χ0n) is 12.9. The molecular formula is C15H24N2O4. The first-order valence-electron chi connectivity index (χ1n) is 7.44. The van der Waals surface area contributed by atoms with Gasteiger partial charge in [-0.15, -0.1) is 0 Å². The second-order valence-corrected chi connectivity index (χ2v) is 5.17. The molecule has 0 spiro atoms. The van der Waals surface area contributed by atoms with Crippen LogP contribution in [0.4, 0.5) is 0 Å². The summed E-state index contributed by atoms with van der Waals surface area (Å²) in [5.41, 5.74) is 1.19. The lowest BCUT2D eigenvalue weighted by molar-refractivity contribution is -0.137. The number of hydrogen-bond donors (Lipinski definition) is 2. The number of nitrogens with one attached hydrogen (secondary N) is 1. The van der Waals surface area contributed by atoms with E-state index in [-0.39, 0.29) is 12.3 Å². The highest BCUT2D eigenvalue weighted by Gasteiger charge is 2.19. The Labute approximate surface area is 124 Å². The van der Waals surface area contributed by atoms with Gasteiger partial charge in [0.25, 0.3) is 5.91 Å². The summed E-state index contributed by atoms with van der Waals surface area (Å²) in [6, 6.07) is 0. The van der Waals surface area contributed by atoms with Gasteiger partial charge in [0, 0.05) is 13.0 Å². The Balaban J connectivity index is 2.45. The van der Waals surface area contributed by atoms with Crippen LogP contribution in [0.15, 0.2) is 4.52 Å². The van der Waals surface area contributed by atoms with Gasteiger partial charge in [-0.2, -0.15) is 0 Å². The van der Waals surface area contributed by atoms with Gasteiger partial charge in [0.05, 0.1) is 5.69 Å². The summed E-state index contributed by atoms with van der Waals surface area (Å²) < 4.78 is 5.05. The molecule has 1 aromatic heterocycles. The van der Waals surface area contributed by atoms with Gasteiger partial charge in [-0.3, -0.25) is 9.59 Å². The van der Waals surface area contributed by atoms with E-state index in [1.54, 1.807) is 6.92 Å². The van der Waals surface area contributed by atoms with Crippen molar-refractivity contribution in [2.45, 2.75) is 52.9 Å². The maximum Gasteiger partial charge on any atom is 0.303 e. The van der Waals surface area contributed by atoms with Gasteiger partial charge in [0.2, 0.25) is 0 Å². The fraction of sp³-hybridized carbons (Fsp3) is 0.667. The van der Waals surface area contributed by atoms with Crippen LogP contribution in [0.2, 0.25) is 0 Å². The Kier molecular flexibility index (Phi) is 6.91. The van der Waals surface area contributed by atoms with Gasteiger partial charge in [0.1, 0.15) is 11.3 Å². The summed E-state index contributed by atoms with van der Waals surface area (Å²) in [6.45, 7) is 6.22. The topological polar surface area (TPSA) is 92.4 Å². The molecule has 6 heteroatoms. The lowest BCUT2D eigenvalue weighted by atomic mass is 9.96. The normalized spacial score (nSPS) is 12.1. The lowest BCUT2D eigenvalue weighted by Gasteiger charge is -2.14. The van der Waals surface area contributed by atoms with Crippen LogP contribution in [0.3, 0.4) is 0 Å². The molecule has 1 atom stereocenters. The van der Waals surface area contributed by atoms with Crippen LogP contribution < -0.4 is 5.32 Å². The Morgan fingerprint density at radius 3 is 2.62 bits per heavy atom. The molecule has 21 heavy (non-hydrogen) atoms. The summed E-state index contributed by atoms with van der Waals surface area (Å²) in [5.74, 6) is -0.0956. The van der Waals surface area contributed by atoms with Crippen LogP contribution >= 0.6 is 0 Å². The van der Waals surface area contributed by atoms with Crippen LogP contribution in [0, 0.1) is 12.8 Å². The highest BCUT2D eigenvalue weighted by atomic mass is 16.5. The molecular weight excluding hydrogens is 272 g/mol. The fourth-order valence-electron chi connectivity index (χ4n) is 2.31. The van der Waals surface area contributed by atoms with Gasteiger partial charge < -0.3 is 14.9 Å². The molecule has 0 aliphatic heterocycles. The summed E-state index contributed by atoms with van der Waals surface area (Å²) >= 11 is 0. The zero-order valence-corrected chi connectivity index (χ0v) is 12.9. The van der Waals surface area contributed by atoms with Crippen LogP contribution in [-0.2, 0) is 11.2 Å². The second-order valence-electron chi connectivity index (χ2n) is 5.17. The number of amides is 1. The summed E-state index contributed by atoms with van der Waals surface area (Å²) in [6.07, 6.45) is 3.17. The van der Waals surface area contributed by atoms with Crippen LogP contribution in [-0.4, -0.2) is 28.7 Å². The monoisotopic (exact) mass is 296 g/mol. The summed E-state index contributed by atoms with van der Waals surface area (Å²) in [7, 11) is 0. The largest absolute Gasteiger partial charge is 0.481 e. The van der Waals surface area contributed by atoms with E-state index < -0.39 is 5.97 Å². The van der Waals surface area contributed by atoms with E-state index in [0.29, 0.717) is 42.3 Å². The average Bonchev–Trinajstić information content (AvgIpc) is 2.83. The minimum absolute atomic E-state index is 0.168. The number of carbonyl (C=O) groups is 2. The molecule has 0 saturated carbocycles. The molecule has 0 aliphatic carbocycles. The van der Waals surface area contributed by atoms with Crippen molar-refractivity contribution in [2.75, 3.05) is 6.54 Å². The Morgan fingerprint density at radius 1 is 1.33 bits per heavy atom. The van der Waals surface area contributed by atoms with E-state index in [4.69, 9.17) is 9.63 Å². The van der Waals surface area contributed by atoms with E-state index in [0.717, 1.165) is 12.8 Å². The van der Waals surface area contributed by atoms with Gasteiger partial charge in [0.15, 0.2) is 0 Å². The molecule has 0 bridgehead atoms. The first-order valence-corrected chi connectivity index (χ1v) is 7.44. The van der Waals surface area contributed by atoms with Crippen molar-refractivity contribution < 1.29 is 19.2 Å². The molecule has 2 N–H and O–H groups in total. The molecule has 1 heterocycles. The van der Waals surface area contributed by atoms with Crippen LogP contribution in [0.1, 0.15) is 61.3 Å². The summed E-state index contributed by atoms with van der Waals surface area (Å²) in [4.78, 5) is 22.7. The van der Waals surface area contributed by atoms with Gasteiger partial charge in [-0.05, 0) is 32.1 Å². The number of aryl methyl sites for hydroxylation is 2. The van der Waals surface area contributed by atoms with Gasteiger partial charge in [-0.1, -0.05) is 25.4 Å². The third kappa shape index (κ3) is 5.21. The Morgan fingerprint density at radius 2 is 2.05 bits per heavy atom. The number of nitrogens with zero attached hydrogens (tertiary/aromatic N) is 1. The smallest absolute Gasteiger partial charge is 0.303 e. The number of hydrogen-bond acceptors (Lipinski definition) is 4. The van der Waals surface area contributed by atoms with Crippen molar-refractivity contribution >= 4 is 11.9 Å². The van der Waals surface area contributed by atoms with Crippen molar-refractivity contribution in [3.8, 4) is 0 Å². The van der Waals surface area contributed by atoms with Crippen molar-refractivity contribution in [3.63, 3.8) is 0 Å². The van der Waals surface area contributed by atoms with Crippen LogP contribution in [0.25, 0.3) is 0 Å². The van der Waals surface area contributed by atoms with E-state index >= 15 is 0 Å². The van der Waals surface area contributed by atoms with Crippen molar-refractivity contribution in [2.24, 2.45) is 5.92 Å². The van der Waals surface area contributed by atoms with E-state index in [1.807, 2.05) is 13.8 Å². The molecule has 1 unspecified atom stereocenters. The van der Waals surface area contributed by atoms with E-state index in [9.17, 15) is 9.59 Å². The Bertz CT molecular complexity index is 482. The van der Waals surface area contributed by atoms with Crippen molar-refractivity contribution in [1.82, 2.24) is 10.5 Å². The Hall–Kier alpha value is -1.85. The molecule has 1 amide bonds. The van der Waals surface area contributed by atoms with Crippen LogP contribution in [0.5, 0.6) is 0 Å². The molecule has 0 saturated heterocycles. The zero-order chi connectivity index (χ0) is 15.8. The molecule has 0 aliphatic rings. The van der Waals surface area contributed by atoms with Gasteiger partial charge in [-0.25, -0.2) is 0 Å². The fourth-order valence-corrected chi connectivity index (χ4v) is 2.31. The van der Waals surface area contributed by atoms with E-state index in [1.165, 1.54) is 0 Å². The SMILES string of the molecule is CCc1noc(C)c1C(=O)NCCC(CC)CCC(=O)O. The first-order chi connectivity index (χ1) is 9.99. The molecule has 0 aromatic carbocycles. The first kappa shape index (κ1) is 17.2. The molecule has 6 nitrogen and oxygen atoms in total. The van der Waals surface area contributed by atoms with Gasteiger partial charge >= 0.3 is 5.97 Å². The molecule has 0 fully saturated rings. The van der Waals surface area contributed by atoms with Crippen molar-refractivity contribution in [3.05, 3.63) is 17.0 Å². The van der Waals surface area contributed by atoms with E-state index in [2.05, 4.69) is 10.5 Å². The quantitative estimate of drug-likeness (QED) is 0.730. The highest BCUT2D eigenvalue weighted by Crippen LogP contribution is 2.16. The number of carbonyl (C=O) groups excluding carboxylic acids is 1. The standard InChI is InChI=1S/C15H24N2O4/c1-4-11(6-7-13(18)19)8-9-16-15(20)14-10(3)21-17-12(14)5-2/h11H,4-9H2,1-3H3,(H,16,20)(H,18,19). The number of carboxylic acids is 1.